The number of amides is 1. The Morgan fingerprint density at radius 3 is 2.74 bits per heavy atom. The van der Waals surface area contributed by atoms with Crippen molar-refractivity contribution in [2.24, 2.45) is 0 Å². The zero-order valence-electron chi connectivity index (χ0n) is 10.2. The Balaban J connectivity index is 2.26. The van der Waals surface area contributed by atoms with Crippen molar-refractivity contribution in [3.63, 3.8) is 0 Å². The highest BCUT2D eigenvalue weighted by Crippen LogP contribution is 2.23. The van der Waals surface area contributed by atoms with Crippen LogP contribution in [0, 0.1) is 12.7 Å². The fraction of sp³-hybridized carbons (Fsp3) is 0.0714. The molecule has 0 spiro atoms. The third kappa shape index (κ3) is 2.93. The monoisotopic (exact) mass is 322 g/mol. The quantitative estimate of drug-likeness (QED) is 0.828. The van der Waals surface area contributed by atoms with Crippen LogP contribution >= 0.6 is 15.9 Å². The fourth-order valence-electron chi connectivity index (χ4n) is 1.63. The Kier molecular flexibility index (Phi) is 3.85. The Morgan fingerprint density at radius 1 is 1.32 bits per heavy atom. The van der Waals surface area contributed by atoms with Crippen molar-refractivity contribution >= 4 is 33.2 Å². The van der Waals surface area contributed by atoms with Gasteiger partial charge in [-0.05, 0) is 52.7 Å². The summed E-state index contributed by atoms with van der Waals surface area (Å²) in [7, 11) is 0. The normalized spacial score (nSPS) is 10.3. The molecule has 0 unspecified atom stereocenters. The van der Waals surface area contributed by atoms with Crippen LogP contribution in [-0.2, 0) is 0 Å². The van der Waals surface area contributed by atoms with E-state index in [2.05, 4.69) is 21.2 Å². The van der Waals surface area contributed by atoms with E-state index in [1.165, 1.54) is 12.1 Å². The average Bonchev–Trinajstić information content (AvgIpc) is 2.37. The Hall–Kier alpha value is -1.88. The largest absolute Gasteiger partial charge is 0.396 e. The number of carbonyl (C=O) groups excluding carboxylic acids is 1. The van der Waals surface area contributed by atoms with Gasteiger partial charge in [0.05, 0.1) is 11.3 Å². The third-order valence-electron chi connectivity index (χ3n) is 2.69. The first-order chi connectivity index (χ1) is 8.99. The van der Waals surface area contributed by atoms with Crippen LogP contribution in [0.15, 0.2) is 40.9 Å². The first-order valence-electron chi connectivity index (χ1n) is 5.60. The van der Waals surface area contributed by atoms with Gasteiger partial charge in [-0.1, -0.05) is 12.1 Å². The molecule has 0 heterocycles. The molecule has 19 heavy (non-hydrogen) atoms. The van der Waals surface area contributed by atoms with Crippen molar-refractivity contribution in [3.05, 3.63) is 57.8 Å². The Labute approximate surface area is 118 Å². The van der Waals surface area contributed by atoms with Gasteiger partial charge in [-0.25, -0.2) is 4.39 Å². The number of nitrogens with one attached hydrogen (secondary N) is 1. The van der Waals surface area contributed by atoms with Gasteiger partial charge in [-0.3, -0.25) is 4.79 Å². The molecule has 2 aromatic carbocycles. The smallest absolute Gasteiger partial charge is 0.256 e. The van der Waals surface area contributed by atoms with Crippen molar-refractivity contribution in [3.8, 4) is 0 Å². The molecule has 0 aromatic heterocycles. The van der Waals surface area contributed by atoms with Gasteiger partial charge in [0, 0.05) is 10.2 Å². The molecule has 0 radical (unpaired) electrons. The summed E-state index contributed by atoms with van der Waals surface area (Å²) >= 11 is 3.37. The molecule has 3 nitrogen and oxygen atoms in total. The van der Waals surface area contributed by atoms with E-state index in [4.69, 9.17) is 5.73 Å². The first kappa shape index (κ1) is 13.5. The molecule has 0 aliphatic rings. The van der Waals surface area contributed by atoms with Gasteiger partial charge >= 0.3 is 0 Å². The molecule has 3 N–H and O–H groups in total. The predicted octanol–water partition coefficient (Wildman–Crippen LogP) is 3.73. The Bertz CT molecular complexity index is 643. The molecule has 2 aromatic rings. The standard InChI is InChI=1S/C14H12BrFN2O/c1-8-3-2-4-10(13(8)15)14(19)18-9-5-6-12(17)11(16)7-9/h2-7H,17H2,1H3,(H,18,19). The number of benzene rings is 2. The molecule has 0 fully saturated rings. The van der Waals surface area contributed by atoms with Crippen LogP contribution in [0.1, 0.15) is 15.9 Å². The van der Waals surface area contributed by atoms with E-state index in [9.17, 15) is 9.18 Å². The minimum Gasteiger partial charge on any atom is -0.396 e. The molecule has 1 amide bonds. The Morgan fingerprint density at radius 2 is 2.05 bits per heavy atom. The van der Waals surface area contributed by atoms with Crippen LogP contribution in [0.4, 0.5) is 15.8 Å². The van der Waals surface area contributed by atoms with Crippen LogP contribution < -0.4 is 11.1 Å². The number of nitrogen functional groups attached to an aromatic ring is 1. The lowest BCUT2D eigenvalue weighted by atomic mass is 10.1. The van der Waals surface area contributed by atoms with Crippen molar-refractivity contribution in [1.29, 1.82) is 0 Å². The number of carbonyl (C=O) groups is 1. The summed E-state index contributed by atoms with van der Waals surface area (Å²) in [6, 6.07) is 9.54. The van der Waals surface area contributed by atoms with Gasteiger partial charge in [-0.15, -0.1) is 0 Å². The minimum atomic E-state index is -0.555. The second-order valence-electron chi connectivity index (χ2n) is 4.13. The topological polar surface area (TPSA) is 55.1 Å². The molecule has 0 saturated carbocycles. The summed E-state index contributed by atoms with van der Waals surface area (Å²) < 4.78 is 14.0. The van der Waals surface area contributed by atoms with Gasteiger partial charge in [0.15, 0.2) is 0 Å². The number of halogens is 2. The highest BCUT2D eigenvalue weighted by molar-refractivity contribution is 9.10. The second kappa shape index (κ2) is 5.40. The van der Waals surface area contributed by atoms with Gasteiger partial charge in [0.2, 0.25) is 0 Å². The van der Waals surface area contributed by atoms with Crippen LogP contribution in [0.2, 0.25) is 0 Å². The number of hydrogen-bond acceptors (Lipinski definition) is 2. The predicted molar refractivity (Wildman–Crippen MR) is 77.6 cm³/mol. The highest BCUT2D eigenvalue weighted by Gasteiger charge is 2.12. The highest BCUT2D eigenvalue weighted by atomic mass is 79.9. The summed E-state index contributed by atoms with van der Waals surface area (Å²) in [5, 5.41) is 2.63. The zero-order chi connectivity index (χ0) is 14.0. The van der Waals surface area contributed by atoms with Crippen LogP contribution in [0.3, 0.4) is 0 Å². The molecule has 0 bridgehead atoms. The van der Waals surface area contributed by atoms with Gasteiger partial charge < -0.3 is 11.1 Å². The van der Waals surface area contributed by atoms with E-state index >= 15 is 0 Å². The summed E-state index contributed by atoms with van der Waals surface area (Å²) in [5.41, 5.74) is 7.25. The molecule has 0 atom stereocenters. The number of anilines is 2. The number of rotatable bonds is 2. The van der Waals surface area contributed by atoms with Crippen molar-refractivity contribution in [1.82, 2.24) is 0 Å². The van der Waals surface area contributed by atoms with Crippen molar-refractivity contribution in [2.45, 2.75) is 6.92 Å². The molecule has 0 aliphatic heterocycles. The third-order valence-corrected chi connectivity index (χ3v) is 3.75. The number of nitrogens with two attached hydrogens (primary N) is 1. The average molecular weight is 323 g/mol. The summed E-state index contributed by atoms with van der Waals surface area (Å²) in [6.07, 6.45) is 0. The van der Waals surface area contributed by atoms with Crippen LogP contribution in [0.5, 0.6) is 0 Å². The minimum absolute atomic E-state index is 0.0507. The van der Waals surface area contributed by atoms with Crippen LogP contribution in [0.25, 0.3) is 0 Å². The molecule has 5 heteroatoms. The molecular weight excluding hydrogens is 311 g/mol. The maximum atomic E-state index is 13.3. The lowest BCUT2D eigenvalue weighted by molar-refractivity contribution is 0.102. The lowest BCUT2D eigenvalue weighted by Crippen LogP contribution is -2.13. The van der Waals surface area contributed by atoms with Crippen molar-refractivity contribution < 1.29 is 9.18 Å². The summed E-state index contributed by atoms with van der Waals surface area (Å²) in [6.45, 7) is 1.89. The molecule has 2 rings (SSSR count). The maximum absolute atomic E-state index is 13.3. The van der Waals surface area contributed by atoms with E-state index in [1.807, 2.05) is 13.0 Å². The van der Waals surface area contributed by atoms with E-state index < -0.39 is 5.82 Å². The maximum Gasteiger partial charge on any atom is 0.256 e. The SMILES string of the molecule is Cc1cccc(C(=O)Nc2ccc(N)c(F)c2)c1Br. The fourth-order valence-corrected chi connectivity index (χ4v) is 2.07. The van der Waals surface area contributed by atoms with Gasteiger partial charge in [0.25, 0.3) is 5.91 Å². The van der Waals surface area contributed by atoms with Crippen molar-refractivity contribution in [2.75, 3.05) is 11.1 Å². The van der Waals surface area contributed by atoms with E-state index in [0.29, 0.717) is 11.3 Å². The zero-order valence-corrected chi connectivity index (χ0v) is 11.8. The number of hydrogen-bond donors (Lipinski definition) is 2. The lowest BCUT2D eigenvalue weighted by Gasteiger charge is -2.09. The van der Waals surface area contributed by atoms with E-state index in [0.717, 1.165) is 10.0 Å². The van der Waals surface area contributed by atoms with E-state index in [-0.39, 0.29) is 11.6 Å². The molecule has 0 saturated heterocycles. The van der Waals surface area contributed by atoms with Gasteiger partial charge in [-0.2, -0.15) is 0 Å². The molecular formula is C14H12BrFN2O. The number of aryl methyl sites for hydroxylation is 1. The van der Waals surface area contributed by atoms with Gasteiger partial charge in [0.1, 0.15) is 5.82 Å². The van der Waals surface area contributed by atoms with Crippen LogP contribution in [-0.4, -0.2) is 5.91 Å². The van der Waals surface area contributed by atoms with E-state index in [1.54, 1.807) is 18.2 Å². The molecule has 98 valence electrons. The first-order valence-corrected chi connectivity index (χ1v) is 6.40. The summed E-state index contributed by atoms with van der Waals surface area (Å²) in [5.74, 6) is -0.860. The summed E-state index contributed by atoms with van der Waals surface area (Å²) in [4.78, 5) is 12.1. The molecule has 0 aliphatic carbocycles. The second-order valence-corrected chi connectivity index (χ2v) is 4.92.